The summed E-state index contributed by atoms with van der Waals surface area (Å²) < 4.78 is 10.4. The minimum absolute atomic E-state index is 0.00719. The second-order valence-electron chi connectivity index (χ2n) is 7.46. The molecule has 9 nitrogen and oxygen atoms in total. The molecule has 0 fully saturated rings. The largest absolute Gasteiger partial charge is 0.507 e. The molecule has 0 amide bonds. The number of ketones is 1. The Hall–Kier alpha value is -4.66. The molecule has 0 aliphatic heterocycles. The number of aromatic hydroxyl groups is 1. The van der Waals surface area contributed by atoms with Crippen LogP contribution in [0.3, 0.4) is 0 Å². The predicted molar refractivity (Wildman–Crippen MR) is 129 cm³/mol. The number of fused-ring (bicyclic) bond motifs is 1. The molecule has 35 heavy (non-hydrogen) atoms. The monoisotopic (exact) mass is 473 g/mol. The molecule has 0 spiro atoms. The highest BCUT2D eigenvalue weighted by molar-refractivity contribution is 6.15. The van der Waals surface area contributed by atoms with E-state index < -0.39 is 17.7 Å². The summed E-state index contributed by atoms with van der Waals surface area (Å²) in [5, 5.41) is 13.2. The third kappa shape index (κ3) is 4.84. The topological polar surface area (TPSA) is 131 Å². The van der Waals surface area contributed by atoms with Crippen molar-refractivity contribution in [2.24, 2.45) is 0 Å². The van der Waals surface area contributed by atoms with E-state index in [1.54, 1.807) is 26.0 Å². The number of aromatic amines is 1. The van der Waals surface area contributed by atoms with Crippen LogP contribution in [-0.2, 0) is 9.47 Å². The van der Waals surface area contributed by atoms with Crippen molar-refractivity contribution in [3.63, 3.8) is 0 Å². The van der Waals surface area contributed by atoms with E-state index in [0.29, 0.717) is 5.52 Å². The molecule has 0 aliphatic carbocycles. The van der Waals surface area contributed by atoms with Crippen molar-refractivity contribution in [1.29, 1.82) is 0 Å². The van der Waals surface area contributed by atoms with Crippen LogP contribution in [0.2, 0.25) is 0 Å². The van der Waals surface area contributed by atoms with Gasteiger partial charge in [-0.15, -0.1) is 0 Å². The number of carbonyl (C=O) groups is 3. The molecule has 0 aliphatic rings. The van der Waals surface area contributed by atoms with Crippen LogP contribution in [0.15, 0.2) is 60.7 Å². The zero-order valence-corrected chi connectivity index (χ0v) is 19.1. The standard InChI is InChI=1S/C26H23N3O6/c1-3-34-24(32)17-13-15(23(31)16-9-5-8-12-21(16)30)14-18(25(33)35-4-2)22(17)29-26-27-19-10-6-7-11-20(19)28-26/h5-14,30H,3-4H2,1-2H3,(H2,27,28,29). The lowest BCUT2D eigenvalue weighted by Gasteiger charge is -2.16. The fraction of sp³-hybridized carbons (Fsp3) is 0.154. The molecule has 0 unspecified atom stereocenters. The van der Waals surface area contributed by atoms with Gasteiger partial charge < -0.3 is 24.9 Å². The number of phenolic OH excluding ortho intramolecular Hbond substituents is 1. The Kier molecular flexibility index (Phi) is 6.77. The summed E-state index contributed by atoms with van der Waals surface area (Å²) >= 11 is 0. The Labute approximate surface area is 200 Å². The Morgan fingerprint density at radius 3 is 2.09 bits per heavy atom. The maximum atomic E-state index is 13.2. The molecule has 4 aromatic rings. The van der Waals surface area contributed by atoms with Gasteiger partial charge in [-0.1, -0.05) is 24.3 Å². The van der Waals surface area contributed by atoms with Crippen LogP contribution in [0.4, 0.5) is 11.6 Å². The van der Waals surface area contributed by atoms with Gasteiger partial charge in [-0.25, -0.2) is 14.6 Å². The SMILES string of the molecule is CCOC(=O)c1cc(C(=O)c2ccccc2O)cc(C(=O)OCC)c1Nc1nc2ccccc2[nH]1. The van der Waals surface area contributed by atoms with E-state index in [2.05, 4.69) is 15.3 Å². The lowest BCUT2D eigenvalue weighted by atomic mass is 9.96. The molecule has 0 atom stereocenters. The number of nitrogens with zero attached hydrogens (tertiary/aromatic N) is 1. The molecule has 0 saturated heterocycles. The highest BCUT2D eigenvalue weighted by Gasteiger charge is 2.26. The van der Waals surface area contributed by atoms with Crippen molar-refractivity contribution in [3.8, 4) is 5.75 Å². The van der Waals surface area contributed by atoms with Gasteiger partial charge in [-0.3, -0.25) is 4.79 Å². The molecule has 0 bridgehead atoms. The van der Waals surface area contributed by atoms with Crippen LogP contribution >= 0.6 is 0 Å². The number of para-hydroxylation sites is 3. The van der Waals surface area contributed by atoms with E-state index in [-0.39, 0.29) is 52.9 Å². The lowest BCUT2D eigenvalue weighted by Crippen LogP contribution is -2.17. The molecule has 0 radical (unpaired) electrons. The van der Waals surface area contributed by atoms with Gasteiger partial charge in [0.2, 0.25) is 5.95 Å². The van der Waals surface area contributed by atoms with Crippen molar-refractivity contribution >= 4 is 40.4 Å². The molecule has 4 rings (SSSR count). The summed E-state index contributed by atoms with van der Waals surface area (Å²) in [4.78, 5) is 46.6. The van der Waals surface area contributed by atoms with Gasteiger partial charge in [-0.2, -0.15) is 0 Å². The van der Waals surface area contributed by atoms with Crippen LogP contribution in [0, 0.1) is 0 Å². The maximum Gasteiger partial charge on any atom is 0.340 e. The molecule has 3 aromatic carbocycles. The molecule has 1 heterocycles. The van der Waals surface area contributed by atoms with E-state index >= 15 is 0 Å². The number of imidazole rings is 1. The van der Waals surface area contributed by atoms with Crippen molar-refractivity contribution in [2.75, 3.05) is 18.5 Å². The van der Waals surface area contributed by atoms with Gasteiger partial charge in [0, 0.05) is 5.56 Å². The van der Waals surface area contributed by atoms with E-state index in [1.807, 2.05) is 24.3 Å². The van der Waals surface area contributed by atoms with Crippen LogP contribution in [0.5, 0.6) is 5.75 Å². The first-order chi connectivity index (χ1) is 16.9. The van der Waals surface area contributed by atoms with Crippen molar-refractivity contribution in [1.82, 2.24) is 9.97 Å². The first-order valence-corrected chi connectivity index (χ1v) is 11.0. The number of hydrogen-bond acceptors (Lipinski definition) is 8. The summed E-state index contributed by atoms with van der Waals surface area (Å²) in [6, 6.07) is 16.0. The number of esters is 2. The number of hydrogen-bond donors (Lipinski definition) is 3. The second-order valence-corrected chi connectivity index (χ2v) is 7.46. The number of benzene rings is 3. The Morgan fingerprint density at radius 2 is 1.49 bits per heavy atom. The normalized spacial score (nSPS) is 10.7. The predicted octanol–water partition coefficient (Wildman–Crippen LogP) is 4.60. The zero-order valence-electron chi connectivity index (χ0n) is 19.1. The lowest BCUT2D eigenvalue weighted by molar-refractivity contribution is 0.0527. The van der Waals surface area contributed by atoms with E-state index in [9.17, 15) is 19.5 Å². The van der Waals surface area contributed by atoms with E-state index in [1.165, 1.54) is 24.3 Å². The number of anilines is 2. The molecular formula is C26H23N3O6. The van der Waals surface area contributed by atoms with Gasteiger partial charge in [0.05, 0.1) is 46.6 Å². The first kappa shape index (κ1) is 23.5. The van der Waals surface area contributed by atoms with E-state index in [4.69, 9.17) is 9.47 Å². The Balaban J connectivity index is 1.89. The van der Waals surface area contributed by atoms with Crippen LogP contribution in [0.1, 0.15) is 50.5 Å². The van der Waals surface area contributed by atoms with Gasteiger partial charge >= 0.3 is 11.9 Å². The zero-order chi connectivity index (χ0) is 24.9. The summed E-state index contributed by atoms with van der Waals surface area (Å²) in [5.41, 5.74) is 1.42. The number of H-pyrrole nitrogens is 1. The number of carbonyl (C=O) groups excluding carboxylic acids is 3. The number of nitrogens with one attached hydrogen (secondary N) is 2. The number of rotatable bonds is 8. The fourth-order valence-corrected chi connectivity index (χ4v) is 3.60. The quantitative estimate of drug-likeness (QED) is 0.250. The summed E-state index contributed by atoms with van der Waals surface area (Å²) in [5.74, 6) is -2.01. The smallest absolute Gasteiger partial charge is 0.340 e. The average Bonchev–Trinajstić information content (AvgIpc) is 3.26. The van der Waals surface area contributed by atoms with Crippen LogP contribution in [0.25, 0.3) is 11.0 Å². The molecule has 178 valence electrons. The average molecular weight is 473 g/mol. The van der Waals surface area contributed by atoms with Gasteiger partial charge in [0.15, 0.2) is 5.78 Å². The Morgan fingerprint density at radius 1 is 0.886 bits per heavy atom. The fourth-order valence-electron chi connectivity index (χ4n) is 3.60. The number of ether oxygens (including phenoxy) is 2. The van der Waals surface area contributed by atoms with Gasteiger partial charge in [0.25, 0.3) is 0 Å². The number of phenols is 1. The molecule has 0 saturated carbocycles. The van der Waals surface area contributed by atoms with Crippen molar-refractivity contribution in [3.05, 3.63) is 82.9 Å². The van der Waals surface area contributed by atoms with E-state index in [0.717, 1.165) is 5.52 Å². The second kappa shape index (κ2) is 10.1. The minimum Gasteiger partial charge on any atom is -0.507 e. The highest BCUT2D eigenvalue weighted by Crippen LogP contribution is 2.31. The van der Waals surface area contributed by atoms with Crippen molar-refractivity contribution < 1.29 is 29.0 Å². The molecule has 9 heteroatoms. The van der Waals surface area contributed by atoms with Crippen molar-refractivity contribution in [2.45, 2.75) is 13.8 Å². The summed E-state index contributed by atoms with van der Waals surface area (Å²) in [7, 11) is 0. The Bertz CT molecular complexity index is 1350. The van der Waals surface area contributed by atoms with Gasteiger partial charge in [-0.05, 0) is 50.2 Å². The summed E-state index contributed by atoms with van der Waals surface area (Å²) in [6.07, 6.45) is 0. The number of aromatic nitrogens is 2. The minimum atomic E-state index is -0.747. The highest BCUT2D eigenvalue weighted by atomic mass is 16.5. The summed E-state index contributed by atoms with van der Waals surface area (Å²) in [6.45, 7) is 3.45. The molecule has 1 aromatic heterocycles. The third-order valence-corrected chi connectivity index (χ3v) is 5.17. The molecular weight excluding hydrogens is 450 g/mol. The van der Waals surface area contributed by atoms with Crippen LogP contribution < -0.4 is 5.32 Å². The van der Waals surface area contributed by atoms with Crippen LogP contribution in [-0.4, -0.2) is 46.0 Å². The van der Waals surface area contributed by atoms with Gasteiger partial charge in [0.1, 0.15) is 5.75 Å². The maximum absolute atomic E-state index is 13.2. The third-order valence-electron chi connectivity index (χ3n) is 5.17. The first-order valence-electron chi connectivity index (χ1n) is 11.0. The molecule has 3 N–H and O–H groups in total.